The lowest BCUT2D eigenvalue weighted by molar-refractivity contribution is -0.123. The molecule has 0 radical (unpaired) electrons. The molecule has 0 fully saturated rings. The van der Waals surface area contributed by atoms with Gasteiger partial charge in [-0.05, 0) is 19.3 Å². The van der Waals surface area contributed by atoms with Crippen molar-refractivity contribution in [2.45, 2.75) is 39.2 Å². The third-order valence-corrected chi connectivity index (χ3v) is 2.47. The van der Waals surface area contributed by atoms with Gasteiger partial charge in [-0.2, -0.15) is 0 Å². The molecule has 0 aliphatic carbocycles. The fourth-order valence-corrected chi connectivity index (χ4v) is 1.25. The molecule has 0 heterocycles. The van der Waals surface area contributed by atoms with E-state index in [1.165, 1.54) is 0 Å². The van der Waals surface area contributed by atoms with Gasteiger partial charge in [0, 0.05) is 12.5 Å². The lowest BCUT2D eigenvalue weighted by Crippen LogP contribution is -2.36. The van der Waals surface area contributed by atoms with Crippen LogP contribution in [0.5, 0.6) is 0 Å². The van der Waals surface area contributed by atoms with Crippen LogP contribution in [0.2, 0.25) is 0 Å². The van der Waals surface area contributed by atoms with Crippen molar-refractivity contribution < 1.29 is 4.79 Å². The summed E-state index contributed by atoms with van der Waals surface area (Å²) < 4.78 is 0. The zero-order valence-electron chi connectivity index (χ0n) is 9.55. The molecule has 2 atom stereocenters. The molecule has 15 heavy (non-hydrogen) atoms. The Morgan fingerprint density at radius 3 is 2.60 bits per heavy atom. The van der Waals surface area contributed by atoms with E-state index in [1.54, 1.807) is 0 Å². The van der Waals surface area contributed by atoms with Crippen molar-refractivity contribution >= 4 is 11.7 Å². The Morgan fingerprint density at radius 2 is 2.13 bits per heavy atom. The summed E-state index contributed by atoms with van der Waals surface area (Å²) in [6.07, 6.45) is 2.23. The summed E-state index contributed by atoms with van der Waals surface area (Å²) in [6.45, 7) is 4.47. The van der Waals surface area contributed by atoms with Gasteiger partial charge in [0.1, 0.15) is 0 Å². The van der Waals surface area contributed by atoms with Gasteiger partial charge in [-0.25, -0.2) is 0 Å². The van der Waals surface area contributed by atoms with E-state index in [4.69, 9.17) is 16.9 Å². The fraction of sp³-hybridized carbons (Fsp3) is 0.800. The van der Waals surface area contributed by atoms with Crippen molar-refractivity contribution in [1.82, 2.24) is 5.32 Å². The second-order valence-corrected chi connectivity index (χ2v) is 3.80. The van der Waals surface area contributed by atoms with Crippen LogP contribution >= 0.6 is 0 Å². The Morgan fingerprint density at radius 1 is 1.53 bits per heavy atom. The summed E-state index contributed by atoms with van der Waals surface area (Å²) in [5.41, 5.74) is 10.9. The van der Waals surface area contributed by atoms with Gasteiger partial charge in [0.15, 0.2) is 11.7 Å². The molecule has 0 bridgehead atoms. The first-order valence-corrected chi connectivity index (χ1v) is 5.36. The summed E-state index contributed by atoms with van der Waals surface area (Å²) in [5, 5.41) is 9.61. The van der Waals surface area contributed by atoms with Crippen LogP contribution in [0.15, 0.2) is 0 Å². The lowest BCUT2D eigenvalue weighted by atomic mass is 9.95. The highest BCUT2D eigenvalue weighted by Gasteiger charge is 2.18. The van der Waals surface area contributed by atoms with Crippen molar-refractivity contribution in [2.24, 2.45) is 17.4 Å². The van der Waals surface area contributed by atoms with Crippen LogP contribution in [0.1, 0.15) is 33.1 Å². The van der Waals surface area contributed by atoms with Crippen LogP contribution in [0.4, 0.5) is 0 Å². The molecule has 5 heteroatoms. The lowest BCUT2D eigenvalue weighted by Gasteiger charge is -2.14. The third-order valence-electron chi connectivity index (χ3n) is 2.47. The minimum Gasteiger partial charge on any atom is -0.370 e. The van der Waals surface area contributed by atoms with Gasteiger partial charge in [-0.15, -0.1) is 0 Å². The molecule has 0 aromatic carbocycles. The normalized spacial score (nSPS) is 14.3. The second kappa shape index (κ2) is 7.23. The third kappa shape index (κ3) is 6.06. The molecular formula is C10H22N4O. The summed E-state index contributed by atoms with van der Waals surface area (Å²) in [4.78, 5) is 11.6. The Labute approximate surface area is 91.1 Å². The number of rotatable bonds is 7. The molecule has 0 saturated carbocycles. The zero-order chi connectivity index (χ0) is 11.8. The molecule has 0 aliphatic heterocycles. The highest BCUT2D eigenvalue weighted by molar-refractivity contribution is 5.85. The average Bonchev–Trinajstić information content (AvgIpc) is 2.21. The molecular weight excluding hydrogens is 192 g/mol. The predicted octanol–water partition coefficient (Wildman–Crippen LogP) is 0.192. The van der Waals surface area contributed by atoms with E-state index in [0.717, 1.165) is 12.8 Å². The largest absolute Gasteiger partial charge is 0.370 e. The monoisotopic (exact) mass is 214 g/mol. The Balaban J connectivity index is 3.69. The number of hydrogen-bond acceptors (Lipinski definition) is 3. The quantitative estimate of drug-likeness (QED) is 0.276. The molecule has 5 nitrogen and oxygen atoms in total. The van der Waals surface area contributed by atoms with Gasteiger partial charge < -0.3 is 16.8 Å². The van der Waals surface area contributed by atoms with E-state index in [9.17, 15) is 4.79 Å². The molecule has 0 aliphatic rings. The van der Waals surface area contributed by atoms with E-state index < -0.39 is 0 Å². The Kier molecular flexibility index (Phi) is 6.70. The zero-order valence-corrected chi connectivity index (χ0v) is 9.55. The topological polar surface area (TPSA) is 105 Å². The van der Waals surface area contributed by atoms with Crippen LogP contribution in [-0.4, -0.2) is 24.3 Å². The van der Waals surface area contributed by atoms with Crippen LogP contribution in [0, 0.1) is 11.3 Å². The van der Waals surface area contributed by atoms with E-state index in [1.807, 2.05) is 13.8 Å². The summed E-state index contributed by atoms with van der Waals surface area (Å²) in [7, 11) is 0. The number of carbonyl (C=O) groups is 1. The summed E-state index contributed by atoms with van der Waals surface area (Å²) >= 11 is 0. The smallest absolute Gasteiger partial charge is 0.185 e. The number of nitrogens with one attached hydrogen (secondary N) is 2. The van der Waals surface area contributed by atoms with Crippen LogP contribution in [0.25, 0.3) is 0 Å². The van der Waals surface area contributed by atoms with Crippen molar-refractivity contribution in [3.63, 3.8) is 0 Å². The standard InChI is InChI=1S/C10H22N4O/c1-3-7(2)9(15)8(11)5-4-6-14-10(12)13/h7-8H,3-6,11H2,1-2H3,(H4,12,13,14)/t7?,8-/m1/s1. The van der Waals surface area contributed by atoms with Crippen LogP contribution < -0.4 is 16.8 Å². The summed E-state index contributed by atoms with van der Waals surface area (Å²) in [6, 6.07) is -0.381. The minimum absolute atomic E-state index is 0.0424. The van der Waals surface area contributed by atoms with Crippen molar-refractivity contribution in [3.8, 4) is 0 Å². The first-order chi connectivity index (χ1) is 6.99. The maximum absolute atomic E-state index is 11.6. The van der Waals surface area contributed by atoms with Gasteiger partial charge in [0.25, 0.3) is 0 Å². The van der Waals surface area contributed by atoms with Crippen LogP contribution in [-0.2, 0) is 4.79 Å². The molecule has 0 amide bonds. The number of carbonyl (C=O) groups excluding carboxylic acids is 1. The van der Waals surface area contributed by atoms with E-state index in [0.29, 0.717) is 13.0 Å². The fourth-order valence-electron chi connectivity index (χ4n) is 1.25. The van der Waals surface area contributed by atoms with E-state index in [-0.39, 0.29) is 23.7 Å². The highest BCUT2D eigenvalue weighted by Crippen LogP contribution is 2.07. The molecule has 0 rings (SSSR count). The Bertz CT molecular complexity index is 217. The molecule has 0 spiro atoms. The highest BCUT2D eigenvalue weighted by atomic mass is 16.1. The summed E-state index contributed by atoms with van der Waals surface area (Å²) in [5.74, 6) is 0.123. The van der Waals surface area contributed by atoms with Gasteiger partial charge >= 0.3 is 0 Å². The first-order valence-electron chi connectivity index (χ1n) is 5.36. The van der Waals surface area contributed by atoms with Crippen LogP contribution in [0.3, 0.4) is 0 Å². The molecule has 0 saturated heterocycles. The number of ketones is 1. The maximum atomic E-state index is 11.6. The molecule has 1 unspecified atom stereocenters. The Hall–Kier alpha value is -1.10. The van der Waals surface area contributed by atoms with Gasteiger partial charge in [0.2, 0.25) is 0 Å². The SMILES string of the molecule is CCC(C)C(=O)[C@H](N)CCCNC(=N)N. The number of hydrogen-bond donors (Lipinski definition) is 4. The van der Waals surface area contributed by atoms with Crippen molar-refractivity contribution in [3.05, 3.63) is 0 Å². The minimum atomic E-state index is -0.381. The number of guanidine groups is 1. The van der Waals surface area contributed by atoms with Crippen molar-refractivity contribution in [2.75, 3.05) is 6.54 Å². The maximum Gasteiger partial charge on any atom is 0.185 e. The van der Waals surface area contributed by atoms with Gasteiger partial charge in [-0.3, -0.25) is 10.2 Å². The van der Waals surface area contributed by atoms with E-state index in [2.05, 4.69) is 5.32 Å². The molecule has 88 valence electrons. The van der Waals surface area contributed by atoms with Crippen molar-refractivity contribution in [1.29, 1.82) is 5.41 Å². The number of nitrogens with two attached hydrogens (primary N) is 2. The number of Topliss-reactive ketones (excluding diaryl/α,β-unsaturated/α-hetero) is 1. The van der Waals surface area contributed by atoms with E-state index >= 15 is 0 Å². The average molecular weight is 214 g/mol. The predicted molar refractivity (Wildman–Crippen MR) is 61.6 cm³/mol. The molecule has 0 aromatic heterocycles. The molecule has 0 aromatic rings. The van der Waals surface area contributed by atoms with Gasteiger partial charge in [0.05, 0.1) is 6.04 Å². The second-order valence-electron chi connectivity index (χ2n) is 3.80. The first kappa shape index (κ1) is 13.9. The molecule has 6 N–H and O–H groups in total. The van der Waals surface area contributed by atoms with Gasteiger partial charge in [-0.1, -0.05) is 13.8 Å².